The zero-order valence-electron chi connectivity index (χ0n) is 12.8. The molecule has 0 amide bonds. The van der Waals surface area contributed by atoms with E-state index in [9.17, 15) is 0 Å². The minimum atomic E-state index is -0.618. The van der Waals surface area contributed by atoms with Crippen LogP contribution in [-0.4, -0.2) is 24.1 Å². The molecule has 0 aromatic rings. The number of halogens is 1. The highest BCUT2D eigenvalue weighted by Crippen LogP contribution is 2.64. The van der Waals surface area contributed by atoms with Gasteiger partial charge in [-0.1, -0.05) is 40.0 Å². The van der Waals surface area contributed by atoms with Crippen molar-refractivity contribution in [1.82, 2.24) is 0 Å². The summed E-state index contributed by atoms with van der Waals surface area (Å²) >= 11 is 0. The second-order valence-electron chi connectivity index (χ2n) is 5.54. The van der Waals surface area contributed by atoms with Crippen molar-refractivity contribution in [2.24, 2.45) is 0 Å². The van der Waals surface area contributed by atoms with E-state index in [1.807, 2.05) is 0 Å². The molecule has 0 heterocycles. The molecule has 0 saturated heterocycles. The third-order valence-corrected chi connectivity index (χ3v) is 9.78. The first kappa shape index (κ1) is 19.7. The first-order valence-electron chi connectivity index (χ1n) is 7.48. The molecule has 0 aliphatic heterocycles. The van der Waals surface area contributed by atoms with Gasteiger partial charge in [-0.2, -0.15) is 0 Å². The van der Waals surface area contributed by atoms with E-state index in [4.69, 9.17) is 0 Å². The average molecular weight is 264 g/mol. The van der Waals surface area contributed by atoms with Crippen LogP contribution in [0.3, 0.4) is 0 Å². The van der Waals surface area contributed by atoms with Gasteiger partial charge < -0.3 is 4.70 Å². The van der Waals surface area contributed by atoms with Crippen molar-refractivity contribution >= 4 is 7.26 Å². The zero-order valence-corrected chi connectivity index (χ0v) is 13.7. The van der Waals surface area contributed by atoms with Crippen LogP contribution in [0, 0.1) is 0 Å². The molecule has 0 spiro atoms. The largest absolute Gasteiger partial charge is 1.00 e. The van der Waals surface area contributed by atoms with E-state index < -0.39 is 7.26 Å². The molecule has 17 heavy (non-hydrogen) atoms. The lowest BCUT2D eigenvalue weighted by atomic mass is 10.4. The number of hydrogen-bond acceptors (Lipinski definition) is 0. The normalized spacial score (nSPS) is 11.6. The van der Waals surface area contributed by atoms with Crippen LogP contribution >= 0.6 is 7.26 Å². The van der Waals surface area contributed by atoms with E-state index in [1.165, 1.54) is 38.5 Å². The Morgan fingerprint density at radius 3 is 1.18 bits per heavy atom. The van der Waals surface area contributed by atoms with Crippen LogP contribution in [0.5, 0.6) is 0 Å². The molecule has 0 rings (SSSR count). The Labute approximate surface area is 110 Å². The Morgan fingerprint density at radius 2 is 1.00 bits per heavy atom. The van der Waals surface area contributed by atoms with Crippen LogP contribution in [-0.2, 0) is 0 Å². The highest BCUT2D eigenvalue weighted by molar-refractivity contribution is 7.76. The molecule has 0 fully saturated rings. The number of hydrogen-bond donors (Lipinski definition) is 0. The Balaban J connectivity index is 0. The maximum absolute atomic E-state index is 2.49. The highest BCUT2D eigenvalue weighted by atomic mass is 31.2. The third kappa shape index (κ3) is 7.39. The van der Waals surface area contributed by atoms with Gasteiger partial charge >= 0.3 is 0 Å². The maximum atomic E-state index is 2.49. The van der Waals surface area contributed by atoms with Gasteiger partial charge in [0.05, 0.1) is 24.1 Å². The summed E-state index contributed by atoms with van der Waals surface area (Å²) in [6, 6.07) is 0. The smallest absolute Gasteiger partial charge is 0.0641 e. The lowest BCUT2D eigenvalue weighted by molar-refractivity contribution is -0.00000383. The Kier molecular flexibility index (Phi) is 13.3. The van der Waals surface area contributed by atoms with Gasteiger partial charge in [0.2, 0.25) is 0 Å². The molecular weight excluding hydrogens is 230 g/mol. The first-order chi connectivity index (χ1) is 7.63. The van der Waals surface area contributed by atoms with Crippen molar-refractivity contribution in [3.63, 3.8) is 0 Å². The predicted molar refractivity (Wildman–Crippen MR) is 81.4 cm³/mol. The van der Waals surface area contributed by atoms with Gasteiger partial charge in [0, 0.05) is 7.26 Å². The lowest BCUT2D eigenvalue weighted by Crippen LogP contribution is -3.00. The van der Waals surface area contributed by atoms with Crippen LogP contribution in [0.1, 0.15) is 73.1 Å². The van der Waals surface area contributed by atoms with Crippen molar-refractivity contribution in [1.29, 1.82) is 0 Å². The molecule has 2 heteroatoms. The maximum Gasteiger partial charge on any atom is 0.0641 e. The molecule has 0 radical (unpaired) electrons. The molecule has 0 aromatic heterocycles. The van der Waals surface area contributed by atoms with Crippen LogP contribution in [0.4, 0.5) is 0 Å². The van der Waals surface area contributed by atoms with Crippen LogP contribution < -0.4 is 4.70 Å². The van der Waals surface area contributed by atoms with Crippen LogP contribution in [0.25, 0.3) is 0 Å². The van der Waals surface area contributed by atoms with E-state index in [0.29, 0.717) is 0 Å². The predicted octanol–water partition coefficient (Wildman–Crippen LogP) is 2.82. The zero-order chi connectivity index (χ0) is 12.4. The monoisotopic (exact) mass is 264 g/mol. The van der Waals surface area contributed by atoms with Crippen molar-refractivity contribution < 1.29 is 4.70 Å². The summed E-state index contributed by atoms with van der Waals surface area (Å²) in [5, 5.41) is 0. The first-order valence-corrected chi connectivity index (χ1v) is 9.90. The Bertz CT molecular complexity index is 135. The Morgan fingerprint density at radius 1 is 0.706 bits per heavy atom. The van der Waals surface area contributed by atoms with Gasteiger partial charge in [-0.15, -0.1) is 0 Å². The van der Waals surface area contributed by atoms with Crippen molar-refractivity contribution in [3.05, 3.63) is 0 Å². The fourth-order valence-corrected chi connectivity index (χ4v) is 7.59. The van der Waals surface area contributed by atoms with Crippen LogP contribution in [0.2, 0.25) is 0 Å². The summed E-state index contributed by atoms with van der Waals surface area (Å²) in [5.41, 5.74) is 0.970. The molecule has 106 valence electrons. The minimum Gasteiger partial charge on any atom is -1.00 e. The number of unbranched alkanes of at least 4 members (excludes halogenated alkanes) is 3. The van der Waals surface area contributed by atoms with E-state index in [-0.39, 0.29) is 4.70 Å². The molecule has 0 N–H and O–H groups in total. The fourth-order valence-electron chi connectivity index (χ4n) is 2.53. The van der Waals surface area contributed by atoms with E-state index >= 15 is 0 Å². The van der Waals surface area contributed by atoms with Gasteiger partial charge in [-0.25, -0.2) is 0 Å². The van der Waals surface area contributed by atoms with Gasteiger partial charge in [0.1, 0.15) is 0 Å². The second kappa shape index (κ2) is 11.5. The molecule has 0 aliphatic carbocycles. The molecule has 0 nitrogen and oxygen atoms in total. The van der Waals surface area contributed by atoms with Crippen molar-refractivity contribution in [3.8, 4) is 0 Å². The Hall–Kier alpha value is 0.360. The lowest BCUT2D eigenvalue weighted by Gasteiger charge is -2.31. The third-order valence-electron chi connectivity index (χ3n) is 3.97. The van der Waals surface area contributed by atoms with Crippen LogP contribution in [0.15, 0.2) is 0 Å². The minimum absolute atomic E-state index is 0. The van der Waals surface area contributed by atoms with Gasteiger partial charge in [0.15, 0.2) is 0 Å². The van der Waals surface area contributed by atoms with Crippen molar-refractivity contribution in [2.75, 3.05) is 18.5 Å². The molecule has 0 bridgehead atoms. The summed E-state index contributed by atoms with van der Waals surface area (Å²) in [7, 11) is -0.618. The standard InChI is InChI=1S/C15H34P.FH/c1-6-9-12-16(15(4)5,13-10-7-2)14-11-8-3;/h15H,6-14H2,1-5H3;1H/q+1;/p-1. The van der Waals surface area contributed by atoms with Gasteiger partial charge in [-0.3, -0.25) is 0 Å². The second-order valence-corrected chi connectivity index (χ2v) is 10.4. The van der Waals surface area contributed by atoms with E-state index in [2.05, 4.69) is 34.6 Å². The summed E-state index contributed by atoms with van der Waals surface area (Å²) in [6.45, 7) is 12.0. The van der Waals surface area contributed by atoms with E-state index in [1.54, 1.807) is 18.5 Å². The molecule has 0 unspecified atom stereocenters. The summed E-state index contributed by atoms with van der Waals surface area (Å²) in [4.78, 5) is 0. The average Bonchev–Trinajstić information content (AvgIpc) is 2.28. The molecule has 0 aromatic carbocycles. The topological polar surface area (TPSA) is 0 Å². The molecule has 0 aliphatic rings. The van der Waals surface area contributed by atoms with E-state index in [0.717, 1.165) is 5.66 Å². The summed E-state index contributed by atoms with van der Waals surface area (Å²) in [5.74, 6) is 0. The molecular formula is C15H34FP. The SMILES string of the molecule is CCCC[P+](CCCC)(CCCC)C(C)C.[F-]. The fraction of sp³-hybridized carbons (Fsp3) is 1.00. The highest BCUT2D eigenvalue weighted by Gasteiger charge is 2.38. The van der Waals surface area contributed by atoms with Gasteiger partial charge in [0.25, 0.3) is 0 Å². The quantitative estimate of drug-likeness (QED) is 0.532. The van der Waals surface area contributed by atoms with Gasteiger partial charge in [-0.05, 0) is 33.1 Å². The molecule has 0 saturated carbocycles. The summed E-state index contributed by atoms with van der Waals surface area (Å²) in [6.07, 6.45) is 13.3. The molecule has 0 atom stereocenters. The van der Waals surface area contributed by atoms with Crippen molar-refractivity contribution in [2.45, 2.75) is 78.8 Å². The summed E-state index contributed by atoms with van der Waals surface area (Å²) < 4.78 is 0. The number of rotatable bonds is 10.